The van der Waals surface area contributed by atoms with Crippen LogP contribution in [0.4, 0.5) is 13.2 Å². The molecule has 0 radical (unpaired) electrons. The molecule has 0 aliphatic rings. The molecule has 2 heterocycles. The summed E-state index contributed by atoms with van der Waals surface area (Å²) in [7, 11) is 0. The highest BCUT2D eigenvalue weighted by Gasteiger charge is 2.41. The lowest BCUT2D eigenvalue weighted by Gasteiger charge is -2.12. The summed E-state index contributed by atoms with van der Waals surface area (Å²) in [6, 6.07) is 2.84. The first-order valence-electron chi connectivity index (χ1n) is 5.79. The van der Waals surface area contributed by atoms with Crippen molar-refractivity contribution in [3.8, 4) is 5.82 Å². The van der Waals surface area contributed by atoms with Crippen LogP contribution in [0.3, 0.4) is 0 Å². The summed E-state index contributed by atoms with van der Waals surface area (Å²) in [6.07, 6.45) is -2.77. The molecular formula is C12H9ClF3N3O2. The minimum absolute atomic E-state index is 0.0264. The van der Waals surface area contributed by atoms with Gasteiger partial charge < -0.3 is 4.74 Å². The Hall–Kier alpha value is -2.09. The highest BCUT2D eigenvalue weighted by atomic mass is 35.5. The Kier molecular flexibility index (Phi) is 4.17. The average molecular weight is 320 g/mol. The minimum Gasteiger partial charge on any atom is -0.462 e. The van der Waals surface area contributed by atoms with Crippen molar-refractivity contribution in [2.24, 2.45) is 0 Å². The lowest BCUT2D eigenvalue weighted by atomic mass is 10.2. The van der Waals surface area contributed by atoms with Crippen LogP contribution in [0.2, 0.25) is 5.02 Å². The van der Waals surface area contributed by atoms with Gasteiger partial charge in [0.2, 0.25) is 0 Å². The number of hydrogen-bond donors (Lipinski definition) is 0. The standard InChI is InChI=1S/C12H9ClF3N3O2/c1-2-21-11(20)7-6-18-19(9(7)12(14,15)16)10-8(13)4-3-5-17-10/h3-6H,2H2,1H3. The Labute approximate surface area is 122 Å². The molecular weight excluding hydrogens is 311 g/mol. The van der Waals surface area contributed by atoms with E-state index in [-0.39, 0.29) is 17.4 Å². The van der Waals surface area contributed by atoms with Crippen molar-refractivity contribution >= 4 is 17.6 Å². The van der Waals surface area contributed by atoms with E-state index in [4.69, 9.17) is 11.6 Å². The van der Waals surface area contributed by atoms with Crippen LogP contribution in [0.15, 0.2) is 24.5 Å². The topological polar surface area (TPSA) is 57.0 Å². The molecule has 5 nitrogen and oxygen atoms in total. The van der Waals surface area contributed by atoms with Crippen molar-refractivity contribution in [3.05, 3.63) is 40.8 Å². The molecule has 0 aromatic carbocycles. The van der Waals surface area contributed by atoms with E-state index in [1.807, 2.05) is 0 Å². The quantitative estimate of drug-likeness (QED) is 0.816. The third kappa shape index (κ3) is 2.99. The van der Waals surface area contributed by atoms with Gasteiger partial charge in [-0.15, -0.1) is 0 Å². The van der Waals surface area contributed by atoms with E-state index in [9.17, 15) is 18.0 Å². The summed E-state index contributed by atoms with van der Waals surface area (Å²) < 4.78 is 44.7. The van der Waals surface area contributed by atoms with Crippen LogP contribution >= 0.6 is 11.6 Å². The zero-order valence-electron chi connectivity index (χ0n) is 10.7. The normalized spacial score (nSPS) is 11.5. The van der Waals surface area contributed by atoms with Crippen LogP contribution in [-0.4, -0.2) is 27.3 Å². The Morgan fingerprint density at radius 3 is 2.76 bits per heavy atom. The molecule has 0 atom stereocenters. The summed E-state index contributed by atoms with van der Waals surface area (Å²) in [5.41, 5.74) is -1.97. The number of halogens is 4. The number of carbonyl (C=O) groups excluding carboxylic acids is 1. The number of carbonyl (C=O) groups is 1. The molecule has 0 amide bonds. The van der Waals surface area contributed by atoms with Gasteiger partial charge in [0.25, 0.3) is 0 Å². The van der Waals surface area contributed by atoms with Crippen molar-refractivity contribution in [1.29, 1.82) is 0 Å². The second-order valence-corrected chi connectivity index (χ2v) is 4.25. The van der Waals surface area contributed by atoms with Gasteiger partial charge >= 0.3 is 12.1 Å². The molecule has 112 valence electrons. The predicted octanol–water partition coefficient (Wildman–Crippen LogP) is 3.12. The summed E-state index contributed by atoms with van der Waals surface area (Å²) in [5, 5.41) is 3.54. The number of nitrogens with zero attached hydrogens (tertiary/aromatic N) is 3. The predicted molar refractivity (Wildman–Crippen MR) is 67.3 cm³/mol. The fraction of sp³-hybridized carbons (Fsp3) is 0.250. The van der Waals surface area contributed by atoms with Crippen molar-refractivity contribution in [3.63, 3.8) is 0 Å². The fourth-order valence-corrected chi connectivity index (χ4v) is 1.87. The zero-order chi connectivity index (χ0) is 15.6. The van der Waals surface area contributed by atoms with Gasteiger partial charge in [-0.1, -0.05) is 11.6 Å². The summed E-state index contributed by atoms with van der Waals surface area (Å²) >= 11 is 5.82. The van der Waals surface area contributed by atoms with E-state index in [1.165, 1.54) is 25.3 Å². The van der Waals surface area contributed by atoms with Crippen molar-refractivity contribution in [1.82, 2.24) is 14.8 Å². The molecule has 21 heavy (non-hydrogen) atoms. The lowest BCUT2D eigenvalue weighted by molar-refractivity contribution is -0.143. The van der Waals surface area contributed by atoms with Crippen LogP contribution in [-0.2, 0) is 10.9 Å². The van der Waals surface area contributed by atoms with Crippen LogP contribution in [0.5, 0.6) is 0 Å². The van der Waals surface area contributed by atoms with Crippen molar-refractivity contribution < 1.29 is 22.7 Å². The van der Waals surface area contributed by atoms with Crippen LogP contribution in [0.1, 0.15) is 23.0 Å². The van der Waals surface area contributed by atoms with E-state index >= 15 is 0 Å². The van der Waals surface area contributed by atoms with E-state index in [0.29, 0.717) is 4.68 Å². The molecule has 0 aliphatic carbocycles. The second kappa shape index (κ2) is 5.72. The number of pyridine rings is 1. The van der Waals surface area contributed by atoms with Gasteiger partial charge in [-0.05, 0) is 19.1 Å². The summed E-state index contributed by atoms with van der Waals surface area (Å²) in [6.45, 7) is 1.44. The SMILES string of the molecule is CCOC(=O)c1cnn(-c2ncccc2Cl)c1C(F)(F)F. The highest BCUT2D eigenvalue weighted by molar-refractivity contribution is 6.32. The van der Waals surface area contributed by atoms with Gasteiger partial charge in [-0.2, -0.15) is 18.3 Å². The maximum absolute atomic E-state index is 13.2. The monoisotopic (exact) mass is 319 g/mol. The number of hydrogen-bond acceptors (Lipinski definition) is 4. The van der Waals surface area contributed by atoms with Gasteiger partial charge in [-0.3, -0.25) is 0 Å². The first kappa shape index (κ1) is 15.3. The van der Waals surface area contributed by atoms with Gasteiger partial charge in [0.1, 0.15) is 5.56 Å². The van der Waals surface area contributed by atoms with Gasteiger partial charge in [0, 0.05) is 6.20 Å². The zero-order valence-corrected chi connectivity index (χ0v) is 11.4. The summed E-state index contributed by atoms with van der Waals surface area (Å²) in [4.78, 5) is 15.4. The maximum atomic E-state index is 13.2. The van der Waals surface area contributed by atoms with E-state index < -0.39 is 23.4 Å². The van der Waals surface area contributed by atoms with Crippen molar-refractivity contribution in [2.45, 2.75) is 13.1 Å². The van der Waals surface area contributed by atoms with Gasteiger partial charge in [0.05, 0.1) is 17.8 Å². The highest BCUT2D eigenvalue weighted by Crippen LogP contribution is 2.34. The molecule has 0 unspecified atom stereocenters. The molecule has 0 N–H and O–H groups in total. The maximum Gasteiger partial charge on any atom is 0.434 e. The number of esters is 1. The largest absolute Gasteiger partial charge is 0.462 e. The third-order valence-electron chi connectivity index (χ3n) is 2.47. The summed E-state index contributed by atoms with van der Waals surface area (Å²) in [5.74, 6) is -1.33. The number of aromatic nitrogens is 3. The smallest absolute Gasteiger partial charge is 0.434 e. The molecule has 2 aromatic heterocycles. The molecule has 0 fully saturated rings. The van der Waals surface area contributed by atoms with Crippen LogP contribution < -0.4 is 0 Å². The van der Waals surface area contributed by atoms with E-state index in [1.54, 1.807) is 0 Å². The van der Waals surface area contributed by atoms with E-state index in [0.717, 1.165) is 6.20 Å². The van der Waals surface area contributed by atoms with Crippen LogP contribution in [0, 0.1) is 0 Å². The minimum atomic E-state index is -4.82. The first-order valence-corrected chi connectivity index (χ1v) is 6.17. The number of alkyl halides is 3. The molecule has 0 saturated heterocycles. The molecule has 0 spiro atoms. The first-order chi connectivity index (χ1) is 9.86. The Balaban J connectivity index is 2.64. The molecule has 0 aliphatic heterocycles. The van der Waals surface area contributed by atoms with Gasteiger partial charge in [-0.25, -0.2) is 14.5 Å². The van der Waals surface area contributed by atoms with Crippen LogP contribution in [0.25, 0.3) is 5.82 Å². The third-order valence-corrected chi connectivity index (χ3v) is 2.77. The second-order valence-electron chi connectivity index (χ2n) is 3.85. The average Bonchev–Trinajstić information content (AvgIpc) is 2.84. The van der Waals surface area contributed by atoms with Gasteiger partial charge in [0.15, 0.2) is 11.5 Å². The molecule has 9 heteroatoms. The number of ether oxygens (including phenoxy) is 1. The lowest BCUT2D eigenvalue weighted by Crippen LogP contribution is -2.19. The number of rotatable bonds is 3. The fourth-order valence-electron chi connectivity index (χ4n) is 1.67. The van der Waals surface area contributed by atoms with E-state index in [2.05, 4.69) is 14.8 Å². The molecule has 0 bridgehead atoms. The van der Waals surface area contributed by atoms with Crippen molar-refractivity contribution in [2.75, 3.05) is 6.61 Å². The molecule has 0 saturated carbocycles. The molecule has 2 rings (SSSR count). The Morgan fingerprint density at radius 2 is 2.19 bits per heavy atom. The Morgan fingerprint density at radius 1 is 1.48 bits per heavy atom. The molecule has 2 aromatic rings. The Bertz CT molecular complexity index is 670.